The third-order valence-corrected chi connectivity index (χ3v) is 3.52. The van der Waals surface area contributed by atoms with E-state index in [2.05, 4.69) is 18.2 Å². The average molecular weight is 292 g/mol. The number of benzene rings is 2. The third-order valence-electron chi connectivity index (χ3n) is 3.52. The van der Waals surface area contributed by atoms with Gasteiger partial charge in [0.2, 0.25) is 0 Å². The zero-order valence-corrected chi connectivity index (χ0v) is 12.8. The van der Waals surface area contributed by atoms with Crippen molar-refractivity contribution < 1.29 is 4.92 Å². The molecule has 0 amide bonds. The number of aryl methyl sites for hydroxylation is 3. The molecule has 0 saturated carbocycles. The van der Waals surface area contributed by atoms with E-state index < -0.39 is 4.92 Å². The number of rotatable bonds is 3. The molecule has 0 saturated heterocycles. The van der Waals surface area contributed by atoms with Gasteiger partial charge in [-0.1, -0.05) is 29.8 Å². The zero-order valence-electron chi connectivity index (χ0n) is 12.8. The van der Waals surface area contributed by atoms with Crippen molar-refractivity contribution in [1.29, 1.82) is 5.26 Å². The Hall–Kier alpha value is -2.93. The van der Waals surface area contributed by atoms with Crippen LogP contribution in [0, 0.1) is 42.2 Å². The normalized spacial score (nSPS) is 11.1. The number of non-ortho nitro benzene ring substituents is 1. The highest BCUT2D eigenvalue weighted by atomic mass is 16.6. The molecule has 110 valence electrons. The van der Waals surface area contributed by atoms with Crippen LogP contribution >= 0.6 is 0 Å². The van der Waals surface area contributed by atoms with Crippen molar-refractivity contribution in [3.63, 3.8) is 0 Å². The number of hydrogen-bond acceptors (Lipinski definition) is 3. The Kier molecular flexibility index (Phi) is 4.38. The van der Waals surface area contributed by atoms with E-state index in [9.17, 15) is 15.4 Å². The minimum absolute atomic E-state index is 0.0176. The molecule has 0 atom stereocenters. The molecule has 2 aromatic carbocycles. The summed E-state index contributed by atoms with van der Waals surface area (Å²) >= 11 is 0. The van der Waals surface area contributed by atoms with Gasteiger partial charge in [0.15, 0.2) is 0 Å². The van der Waals surface area contributed by atoms with Crippen LogP contribution in [-0.4, -0.2) is 4.92 Å². The predicted octanol–water partition coefficient (Wildman–Crippen LogP) is 4.58. The molecule has 4 nitrogen and oxygen atoms in total. The summed E-state index contributed by atoms with van der Waals surface area (Å²) < 4.78 is 0. The van der Waals surface area contributed by atoms with Crippen LogP contribution in [0.1, 0.15) is 27.8 Å². The van der Waals surface area contributed by atoms with Crippen molar-refractivity contribution in [2.75, 3.05) is 0 Å². The highest BCUT2D eigenvalue weighted by Crippen LogP contribution is 2.25. The number of nitro benzene ring substituents is 1. The van der Waals surface area contributed by atoms with Crippen molar-refractivity contribution in [2.45, 2.75) is 20.8 Å². The van der Waals surface area contributed by atoms with Crippen molar-refractivity contribution in [3.05, 3.63) is 74.3 Å². The molecule has 0 heterocycles. The van der Waals surface area contributed by atoms with E-state index in [1.807, 2.05) is 20.8 Å². The molecular formula is C18H16N2O2. The monoisotopic (exact) mass is 292 g/mol. The van der Waals surface area contributed by atoms with Gasteiger partial charge in [0, 0.05) is 12.1 Å². The van der Waals surface area contributed by atoms with E-state index in [0.717, 1.165) is 16.7 Å². The fourth-order valence-electron chi connectivity index (χ4n) is 2.53. The Balaban J connectivity index is 2.56. The average Bonchev–Trinajstić information content (AvgIpc) is 2.46. The lowest BCUT2D eigenvalue weighted by Gasteiger charge is -2.08. The molecule has 0 aliphatic carbocycles. The maximum absolute atomic E-state index is 10.9. The molecule has 0 radical (unpaired) electrons. The lowest BCUT2D eigenvalue weighted by molar-refractivity contribution is -0.384. The minimum Gasteiger partial charge on any atom is -0.258 e. The van der Waals surface area contributed by atoms with Gasteiger partial charge in [-0.05, 0) is 49.1 Å². The summed E-state index contributed by atoms with van der Waals surface area (Å²) in [6, 6.07) is 12.4. The first kappa shape index (κ1) is 15.5. The second-order valence-corrected chi connectivity index (χ2v) is 5.29. The standard InChI is InChI=1S/C18H16N2O2/c1-12-7-13(2)18(14(3)8-12)10-16(11-19)15-5-4-6-17(9-15)20(21)22/h4-10H,1-3H3/b16-10-. The Morgan fingerprint density at radius 3 is 2.36 bits per heavy atom. The summed E-state index contributed by atoms with van der Waals surface area (Å²) in [4.78, 5) is 10.4. The van der Waals surface area contributed by atoms with E-state index in [4.69, 9.17) is 0 Å². The van der Waals surface area contributed by atoms with E-state index >= 15 is 0 Å². The Bertz CT molecular complexity index is 791. The van der Waals surface area contributed by atoms with Gasteiger partial charge < -0.3 is 0 Å². The van der Waals surface area contributed by atoms with Gasteiger partial charge in [0.25, 0.3) is 5.69 Å². The van der Waals surface area contributed by atoms with Gasteiger partial charge in [0.1, 0.15) is 0 Å². The molecule has 0 bridgehead atoms. The summed E-state index contributed by atoms with van der Waals surface area (Å²) in [5.74, 6) is 0. The largest absolute Gasteiger partial charge is 0.270 e. The maximum atomic E-state index is 10.9. The van der Waals surface area contributed by atoms with Gasteiger partial charge >= 0.3 is 0 Å². The highest BCUT2D eigenvalue weighted by molar-refractivity contribution is 5.91. The second kappa shape index (κ2) is 6.23. The Morgan fingerprint density at radius 1 is 1.18 bits per heavy atom. The van der Waals surface area contributed by atoms with Crippen LogP contribution in [0.3, 0.4) is 0 Å². The fourth-order valence-corrected chi connectivity index (χ4v) is 2.53. The van der Waals surface area contributed by atoms with Crippen LogP contribution in [-0.2, 0) is 0 Å². The number of hydrogen-bond donors (Lipinski definition) is 0. The predicted molar refractivity (Wildman–Crippen MR) is 87.2 cm³/mol. The van der Waals surface area contributed by atoms with Crippen molar-refractivity contribution in [2.24, 2.45) is 0 Å². The van der Waals surface area contributed by atoms with Crippen LogP contribution in [0.4, 0.5) is 5.69 Å². The van der Waals surface area contributed by atoms with E-state index in [0.29, 0.717) is 11.1 Å². The van der Waals surface area contributed by atoms with Gasteiger partial charge in [-0.25, -0.2) is 0 Å². The topological polar surface area (TPSA) is 66.9 Å². The lowest BCUT2D eigenvalue weighted by Crippen LogP contribution is -1.92. The summed E-state index contributed by atoms with van der Waals surface area (Å²) in [6.45, 7) is 6.02. The number of nitrogens with zero attached hydrogens (tertiary/aromatic N) is 2. The van der Waals surface area contributed by atoms with Crippen molar-refractivity contribution in [3.8, 4) is 6.07 Å². The minimum atomic E-state index is -0.457. The zero-order chi connectivity index (χ0) is 16.3. The quantitative estimate of drug-likeness (QED) is 0.360. The molecule has 0 unspecified atom stereocenters. The molecule has 4 heteroatoms. The molecule has 0 spiro atoms. The molecule has 22 heavy (non-hydrogen) atoms. The van der Waals surface area contributed by atoms with Crippen molar-refractivity contribution >= 4 is 17.3 Å². The smallest absolute Gasteiger partial charge is 0.258 e. The molecule has 0 N–H and O–H groups in total. The van der Waals surface area contributed by atoms with Gasteiger partial charge in [-0.15, -0.1) is 0 Å². The van der Waals surface area contributed by atoms with E-state index in [-0.39, 0.29) is 5.69 Å². The molecule has 2 rings (SSSR count). The maximum Gasteiger partial charge on any atom is 0.270 e. The molecular weight excluding hydrogens is 276 g/mol. The van der Waals surface area contributed by atoms with Crippen LogP contribution in [0.15, 0.2) is 36.4 Å². The first-order chi connectivity index (χ1) is 10.4. The first-order valence-electron chi connectivity index (χ1n) is 6.87. The molecule has 0 aliphatic heterocycles. The summed E-state index contributed by atoms with van der Waals surface area (Å²) in [6.07, 6.45) is 1.79. The molecule has 0 fully saturated rings. The number of nitriles is 1. The van der Waals surface area contributed by atoms with Gasteiger partial charge in [0.05, 0.1) is 16.6 Å². The number of allylic oxidation sites excluding steroid dienone is 1. The van der Waals surface area contributed by atoms with E-state index in [1.54, 1.807) is 18.2 Å². The highest BCUT2D eigenvalue weighted by Gasteiger charge is 2.10. The molecule has 0 aromatic heterocycles. The van der Waals surface area contributed by atoms with Crippen molar-refractivity contribution in [1.82, 2.24) is 0 Å². The summed E-state index contributed by atoms with van der Waals surface area (Å²) in [7, 11) is 0. The molecule has 2 aromatic rings. The van der Waals surface area contributed by atoms with Crippen LogP contribution in [0.5, 0.6) is 0 Å². The summed E-state index contributed by atoms with van der Waals surface area (Å²) in [5, 5.41) is 20.3. The Labute approximate surface area is 129 Å². The van der Waals surface area contributed by atoms with Gasteiger partial charge in [-0.2, -0.15) is 5.26 Å². The molecule has 0 aliphatic rings. The van der Waals surface area contributed by atoms with Gasteiger partial charge in [-0.3, -0.25) is 10.1 Å². The number of nitro groups is 1. The van der Waals surface area contributed by atoms with Crippen LogP contribution in [0.2, 0.25) is 0 Å². The third kappa shape index (κ3) is 3.21. The SMILES string of the molecule is Cc1cc(C)c(/C=C(/C#N)c2cccc([N+](=O)[O-])c2)c(C)c1. The fraction of sp³-hybridized carbons (Fsp3) is 0.167. The van der Waals surface area contributed by atoms with E-state index in [1.165, 1.54) is 17.7 Å². The lowest BCUT2D eigenvalue weighted by atomic mass is 9.96. The summed E-state index contributed by atoms with van der Waals surface area (Å²) in [5.41, 5.74) is 5.26. The van der Waals surface area contributed by atoms with Crippen LogP contribution in [0.25, 0.3) is 11.6 Å². The van der Waals surface area contributed by atoms with Crippen LogP contribution < -0.4 is 0 Å². The Morgan fingerprint density at radius 2 is 1.82 bits per heavy atom. The second-order valence-electron chi connectivity index (χ2n) is 5.29. The first-order valence-corrected chi connectivity index (χ1v) is 6.87.